The van der Waals surface area contributed by atoms with Crippen LogP contribution in [0.15, 0.2) is 48.5 Å². The van der Waals surface area contributed by atoms with E-state index in [1.54, 1.807) is 19.2 Å². The first-order valence-electron chi connectivity index (χ1n) is 9.44. The van der Waals surface area contributed by atoms with E-state index >= 15 is 0 Å². The Balaban J connectivity index is 2.06. The average molecular weight is 389 g/mol. The number of methoxy groups -OCH3 is 1. The summed E-state index contributed by atoms with van der Waals surface area (Å²) >= 11 is 0. The van der Waals surface area contributed by atoms with Crippen molar-refractivity contribution < 1.29 is 23.8 Å². The second-order valence-corrected chi connectivity index (χ2v) is 6.69. The summed E-state index contributed by atoms with van der Waals surface area (Å²) in [6, 6.07) is 13.9. The van der Waals surface area contributed by atoms with Crippen molar-refractivity contribution in [1.29, 1.82) is 0 Å². The largest absolute Gasteiger partial charge is 0.496 e. The van der Waals surface area contributed by atoms with Gasteiger partial charge < -0.3 is 14.6 Å². The minimum atomic E-state index is -0.823. The predicted octanol–water partition coefficient (Wildman–Crippen LogP) is 3.54. The van der Waals surface area contributed by atoms with Gasteiger partial charge in [-0.25, -0.2) is 4.39 Å². The molecular weight excluding hydrogens is 361 g/mol. The van der Waals surface area contributed by atoms with Crippen molar-refractivity contribution in [3.63, 3.8) is 0 Å². The number of aliphatic hydroxyl groups is 1. The summed E-state index contributed by atoms with van der Waals surface area (Å²) in [6.07, 6.45) is 0.225. The van der Waals surface area contributed by atoms with Crippen LogP contribution in [0.1, 0.15) is 30.9 Å². The number of hydrogen-bond donors (Lipinski definition) is 1. The van der Waals surface area contributed by atoms with Crippen LogP contribution < -0.4 is 4.74 Å². The van der Waals surface area contributed by atoms with E-state index in [0.717, 1.165) is 16.9 Å². The molecule has 0 spiro atoms. The Hall–Kier alpha value is -2.44. The average Bonchev–Trinajstić information content (AvgIpc) is 2.69. The summed E-state index contributed by atoms with van der Waals surface area (Å²) in [4.78, 5) is 13.5. The van der Waals surface area contributed by atoms with Gasteiger partial charge >= 0.3 is 5.97 Å². The van der Waals surface area contributed by atoms with Gasteiger partial charge in [0.05, 0.1) is 7.11 Å². The maximum absolute atomic E-state index is 13.2. The summed E-state index contributed by atoms with van der Waals surface area (Å²) in [5.41, 5.74) is 1.90. The van der Waals surface area contributed by atoms with Crippen LogP contribution in [0.5, 0.6) is 5.75 Å². The molecule has 0 saturated carbocycles. The van der Waals surface area contributed by atoms with E-state index in [0.29, 0.717) is 32.5 Å². The molecule has 0 fully saturated rings. The molecule has 5 nitrogen and oxygen atoms in total. The first kappa shape index (κ1) is 21.9. The number of aliphatic hydroxyl groups excluding tert-OH is 1. The summed E-state index contributed by atoms with van der Waals surface area (Å²) in [5.74, 6) is 0.162. The van der Waals surface area contributed by atoms with Gasteiger partial charge in [-0.3, -0.25) is 9.69 Å². The molecule has 0 radical (unpaired) electrons. The van der Waals surface area contributed by atoms with Crippen LogP contribution in [0.25, 0.3) is 0 Å². The summed E-state index contributed by atoms with van der Waals surface area (Å²) < 4.78 is 23.7. The number of ether oxygens (including phenoxy) is 2. The molecule has 2 aromatic carbocycles. The van der Waals surface area contributed by atoms with E-state index in [9.17, 15) is 14.3 Å². The Morgan fingerprint density at radius 3 is 2.54 bits per heavy atom. The molecule has 2 rings (SSSR count). The molecule has 0 aliphatic heterocycles. The van der Waals surface area contributed by atoms with E-state index in [1.165, 1.54) is 12.1 Å². The number of nitrogens with zero attached hydrogens (tertiary/aromatic N) is 1. The van der Waals surface area contributed by atoms with Gasteiger partial charge in [-0.2, -0.15) is 0 Å². The van der Waals surface area contributed by atoms with Crippen LogP contribution in [0.3, 0.4) is 0 Å². The quantitative estimate of drug-likeness (QED) is 0.596. The van der Waals surface area contributed by atoms with Crippen molar-refractivity contribution in [2.24, 2.45) is 0 Å². The van der Waals surface area contributed by atoms with E-state index in [2.05, 4.69) is 0 Å². The third-order valence-electron chi connectivity index (χ3n) is 4.27. The lowest BCUT2D eigenvalue weighted by Gasteiger charge is -2.26. The van der Waals surface area contributed by atoms with E-state index in [4.69, 9.17) is 9.47 Å². The summed E-state index contributed by atoms with van der Waals surface area (Å²) in [5, 5.41) is 10.4. The van der Waals surface area contributed by atoms with Crippen LogP contribution >= 0.6 is 0 Å². The van der Waals surface area contributed by atoms with E-state index < -0.39 is 6.10 Å². The van der Waals surface area contributed by atoms with Gasteiger partial charge in [0.1, 0.15) is 24.3 Å². The maximum Gasteiger partial charge on any atom is 0.305 e. The standard InChI is InChI=1S/C22H28FNO4/c1-3-6-22(26)28-16-20(25)15-24(13-17-9-11-19(23)12-10-17)14-18-7-4-5-8-21(18)27-2/h4-5,7-12,20,25H,3,6,13-16H2,1-2H3. The highest BCUT2D eigenvalue weighted by Gasteiger charge is 2.16. The molecule has 152 valence electrons. The van der Waals surface area contributed by atoms with Crippen LogP contribution in [-0.4, -0.2) is 42.3 Å². The topological polar surface area (TPSA) is 59.0 Å². The Bertz CT molecular complexity index is 736. The molecule has 28 heavy (non-hydrogen) atoms. The Kier molecular flexibility index (Phi) is 8.91. The predicted molar refractivity (Wildman–Crippen MR) is 105 cm³/mol. The molecule has 0 aliphatic carbocycles. The first-order chi connectivity index (χ1) is 13.5. The van der Waals surface area contributed by atoms with Crippen molar-refractivity contribution in [3.05, 3.63) is 65.5 Å². The first-order valence-corrected chi connectivity index (χ1v) is 9.44. The van der Waals surface area contributed by atoms with Crippen molar-refractivity contribution >= 4 is 5.97 Å². The molecule has 0 bridgehead atoms. The highest BCUT2D eigenvalue weighted by Crippen LogP contribution is 2.20. The number of halogens is 1. The number of rotatable bonds is 11. The highest BCUT2D eigenvalue weighted by atomic mass is 19.1. The van der Waals surface area contributed by atoms with E-state index in [1.807, 2.05) is 36.1 Å². The molecule has 0 amide bonds. The summed E-state index contributed by atoms with van der Waals surface area (Å²) in [6.45, 7) is 3.19. The Morgan fingerprint density at radius 2 is 1.86 bits per heavy atom. The minimum absolute atomic E-state index is 0.0509. The van der Waals surface area contributed by atoms with E-state index in [-0.39, 0.29) is 18.4 Å². The normalized spacial score (nSPS) is 12.0. The van der Waals surface area contributed by atoms with Crippen LogP contribution in [0, 0.1) is 5.82 Å². The van der Waals surface area contributed by atoms with Gasteiger partial charge in [0.15, 0.2) is 0 Å². The van der Waals surface area contributed by atoms with Gasteiger partial charge in [-0.05, 0) is 30.2 Å². The van der Waals surface area contributed by atoms with Gasteiger partial charge in [-0.15, -0.1) is 0 Å². The fourth-order valence-electron chi connectivity index (χ4n) is 2.92. The van der Waals surface area contributed by atoms with Crippen molar-refractivity contribution in [2.75, 3.05) is 20.3 Å². The number of carbonyl (C=O) groups is 1. The second-order valence-electron chi connectivity index (χ2n) is 6.69. The lowest BCUT2D eigenvalue weighted by Crippen LogP contribution is -2.35. The molecule has 0 aliphatic rings. The molecule has 1 N–H and O–H groups in total. The van der Waals surface area contributed by atoms with Gasteiger partial charge in [0, 0.05) is 31.6 Å². The molecule has 0 heterocycles. The van der Waals surface area contributed by atoms with Crippen molar-refractivity contribution in [2.45, 2.75) is 39.0 Å². The van der Waals surface area contributed by atoms with Gasteiger partial charge in [-0.1, -0.05) is 37.3 Å². The summed E-state index contributed by atoms with van der Waals surface area (Å²) in [7, 11) is 1.62. The van der Waals surface area contributed by atoms with Crippen LogP contribution in [0.2, 0.25) is 0 Å². The Labute approximate surface area is 165 Å². The maximum atomic E-state index is 13.2. The zero-order valence-corrected chi connectivity index (χ0v) is 16.4. The molecule has 1 unspecified atom stereocenters. The fourth-order valence-corrected chi connectivity index (χ4v) is 2.92. The molecule has 6 heteroatoms. The molecular formula is C22H28FNO4. The highest BCUT2D eigenvalue weighted by molar-refractivity contribution is 5.69. The third-order valence-corrected chi connectivity index (χ3v) is 4.27. The fraction of sp³-hybridized carbons (Fsp3) is 0.409. The zero-order valence-electron chi connectivity index (χ0n) is 16.4. The third kappa shape index (κ3) is 7.29. The lowest BCUT2D eigenvalue weighted by molar-refractivity contribution is -0.147. The second kappa shape index (κ2) is 11.4. The van der Waals surface area contributed by atoms with Crippen molar-refractivity contribution in [3.8, 4) is 5.75 Å². The SMILES string of the molecule is CCCC(=O)OCC(O)CN(Cc1ccc(F)cc1)Cc1ccccc1OC. The lowest BCUT2D eigenvalue weighted by atomic mass is 10.1. The molecule has 0 aromatic heterocycles. The number of benzene rings is 2. The van der Waals surface area contributed by atoms with Crippen LogP contribution in [0.4, 0.5) is 4.39 Å². The number of para-hydroxylation sites is 1. The van der Waals surface area contributed by atoms with Crippen molar-refractivity contribution in [1.82, 2.24) is 4.90 Å². The molecule has 0 saturated heterocycles. The number of carbonyl (C=O) groups excluding carboxylic acids is 1. The molecule has 1 atom stereocenters. The zero-order chi connectivity index (χ0) is 20.4. The molecule has 2 aromatic rings. The Morgan fingerprint density at radius 1 is 1.14 bits per heavy atom. The van der Waals surface area contributed by atoms with Gasteiger partial charge in [0.25, 0.3) is 0 Å². The monoisotopic (exact) mass is 389 g/mol. The van der Waals surface area contributed by atoms with Crippen LogP contribution in [-0.2, 0) is 22.6 Å². The number of esters is 1. The van der Waals surface area contributed by atoms with Gasteiger partial charge in [0.2, 0.25) is 0 Å². The smallest absolute Gasteiger partial charge is 0.305 e. The minimum Gasteiger partial charge on any atom is -0.496 e. The number of hydrogen-bond acceptors (Lipinski definition) is 5.